The monoisotopic (exact) mass is 430 g/mol. The Morgan fingerprint density at radius 2 is 1.83 bits per heavy atom. The van der Waals surface area contributed by atoms with Crippen molar-refractivity contribution < 1.29 is 18.1 Å². The SMILES string of the molecule is CC(C)c1ccc(NC(=O)c2cc([N+](=O)[O-])ccc2S(=O)(=O)c2nnnn2C)cc1. The second-order valence-corrected chi connectivity index (χ2v) is 8.57. The molecule has 3 aromatic rings. The van der Waals surface area contributed by atoms with Crippen LogP contribution in [0.4, 0.5) is 11.4 Å². The third kappa shape index (κ3) is 4.03. The molecule has 0 unspecified atom stereocenters. The number of hydrogen-bond donors (Lipinski definition) is 1. The fraction of sp³-hybridized carbons (Fsp3) is 0.222. The van der Waals surface area contributed by atoms with Gasteiger partial charge in [-0.1, -0.05) is 31.1 Å². The minimum atomic E-state index is -4.31. The molecule has 11 nitrogen and oxygen atoms in total. The van der Waals surface area contributed by atoms with E-state index in [4.69, 9.17) is 0 Å². The molecule has 30 heavy (non-hydrogen) atoms. The van der Waals surface area contributed by atoms with Gasteiger partial charge in [-0.15, -0.1) is 0 Å². The lowest BCUT2D eigenvalue weighted by Gasteiger charge is -2.11. The Labute approximate surface area is 171 Å². The number of nitro benzene ring substituents is 1. The van der Waals surface area contributed by atoms with Gasteiger partial charge in [0.1, 0.15) is 0 Å². The van der Waals surface area contributed by atoms with Crippen LogP contribution in [0.3, 0.4) is 0 Å². The van der Waals surface area contributed by atoms with Crippen molar-refractivity contribution in [3.05, 3.63) is 63.7 Å². The van der Waals surface area contributed by atoms with Gasteiger partial charge in [0.15, 0.2) is 0 Å². The highest BCUT2D eigenvalue weighted by Gasteiger charge is 2.30. The van der Waals surface area contributed by atoms with Crippen LogP contribution in [-0.4, -0.2) is 39.5 Å². The molecule has 1 aromatic heterocycles. The van der Waals surface area contributed by atoms with Crippen LogP contribution >= 0.6 is 0 Å². The number of hydrogen-bond acceptors (Lipinski definition) is 8. The molecular weight excluding hydrogens is 412 g/mol. The number of nitrogens with one attached hydrogen (secondary N) is 1. The van der Waals surface area contributed by atoms with Crippen LogP contribution < -0.4 is 5.32 Å². The van der Waals surface area contributed by atoms with E-state index in [0.29, 0.717) is 11.6 Å². The van der Waals surface area contributed by atoms with Gasteiger partial charge in [-0.3, -0.25) is 14.9 Å². The molecule has 0 aliphatic carbocycles. The average molecular weight is 430 g/mol. The molecule has 0 saturated carbocycles. The number of carbonyl (C=O) groups is 1. The fourth-order valence-corrected chi connectivity index (χ4v) is 4.15. The molecule has 2 aromatic carbocycles. The van der Waals surface area contributed by atoms with Crippen LogP contribution in [-0.2, 0) is 16.9 Å². The van der Waals surface area contributed by atoms with E-state index >= 15 is 0 Å². The van der Waals surface area contributed by atoms with Crippen molar-refractivity contribution in [3.8, 4) is 0 Å². The van der Waals surface area contributed by atoms with Gasteiger partial charge in [-0.25, -0.2) is 13.1 Å². The summed E-state index contributed by atoms with van der Waals surface area (Å²) in [5, 5.41) is 23.5. The highest BCUT2D eigenvalue weighted by atomic mass is 32.2. The number of anilines is 1. The number of amides is 1. The topological polar surface area (TPSA) is 150 Å². The number of benzene rings is 2. The van der Waals surface area contributed by atoms with Gasteiger partial charge in [0.2, 0.25) is 9.84 Å². The first-order valence-electron chi connectivity index (χ1n) is 8.78. The van der Waals surface area contributed by atoms with Crippen molar-refractivity contribution in [3.63, 3.8) is 0 Å². The Hall–Kier alpha value is -3.67. The van der Waals surface area contributed by atoms with E-state index in [-0.39, 0.29) is 5.56 Å². The highest BCUT2D eigenvalue weighted by molar-refractivity contribution is 7.91. The number of sulfone groups is 1. The average Bonchev–Trinajstić information content (AvgIpc) is 3.14. The van der Waals surface area contributed by atoms with E-state index in [0.717, 1.165) is 28.4 Å². The van der Waals surface area contributed by atoms with Crippen molar-refractivity contribution in [1.29, 1.82) is 0 Å². The lowest BCUT2D eigenvalue weighted by Crippen LogP contribution is -2.19. The summed E-state index contributed by atoms with van der Waals surface area (Å²) < 4.78 is 26.9. The molecule has 1 amide bonds. The first kappa shape index (κ1) is 21.0. The second-order valence-electron chi connectivity index (χ2n) is 6.76. The summed E-state index contributed by atoms with van der Waals surface area (Å²) in [5.41, 5.74) is 0.659. The summed E-state index contributed by atoms with van der Waals surface area (Å²) in [4.78, 5) is 22.9. The number of nitrogens with zero attached hydrogens (tertiary/aromatic N) is 5. The molecule has 1 N–H and O–H groups in total. The molecular formula is C18H18N6O5S. The van der Waals surface area contributed by atoms with Gasteiger partial charge in [-0.2, -0.15) is 0 Å². The van der Waals surface area contributed by atoms with Crippen molar-refractivity contribution in [2.45, 2.75) is 29.8 Å². The second kappa shape index (κ2) is 7.99. The van der Waals surface area contributed by atoms with E-state index in [1.54, 1.807) is 12.1 Å². The van der Waals surface area contributed by atoms with Gasteiger partial charge < -0.3 is 5.32 Å². The maximum absolute atomic E-state index is 13.0. The van der Waals surface area contributed by atoms with Crippen molar-refractivity contribution in [1.82, 2.24) is 20.2 Å². The van der Waals surface area contributed by atoms with Gasteiger partial charge in [0.25, 0.3) is 16.8 Å². The predicted molar refractivity (Wildman–Crippen MR) is 106 cm³/mol. The van der Waals surface area contributed by atoms with Crippen molar-refractivity contribution >= 4 is 27.1 Å². The van der Waals surface area contributed by atoms with Crippen LogP contribution in [0.1, 0.15) is 35.7 Å². The van der Waals surface area contributed by atoms with E-state index < -0.39 is 36.4 Å². The molecule has 0 atom stereocenters. The summed E-state index contributed by atoms with van der Waals surface area (Å²) in [5.74, 6) is -0.520. The van der Waals surface area contributed by atoms with Crippen molar-refractivity contribution in [2.75, 3.05) is 5.32 Å². The largest absolute Gasteiger partial charge is 0.322 e. The van der Waals surface area contributed by atoms with Crippen LogP contribution in [0.5, 0.6) is 0 Å². The molecule has 3 rings (SSSR count). The molecule has 0 radical (unpaired) electrons. The fourth-order valence-electron chi connectivity index (χ4n) is 2.74. The molecule has 12 heteroatoms. The van der Waals surface area contributed by atoms with Crippen LogP contribution in [0.15, 0.2) is 52.5 Å². The number of aryl methyl sites for hydroxylation is 1. The predicted octanol–water partition coefficient (Wildman–Crippen LogP) is 2.33. The zero-order valence-corrected chi connectivity index (χ0v) is 17.1. The Kier molecular flexibility index (Phi) is 5.60. The highest BCUT2D eigenvalue weighted by Crippen LogP contribution is 2.27. The van der Waals surface area contributed by atoms with E-state index in [1.165, 1.54) is 7.05 Å². The minimum Gasteiger partial charge on any atom is -0.322 e. The third-order valence-corrected chi connectivity index (χ3v) is 6.13. The molecule has 156 valence electrons. The summed E-state index contributed by atoms with van der Waals surface area (Å²) in [6, 6.07) is 9.92. The quantitative estimate of drug-likeness (QED) is 0.462. The first-order valence-corrected chi connectivity index (χ1v) is 10.3. The maximum atomic E-state index is 13.0. The van der Waals surface area contributed by atoms with Gasteiger partial charge >= 0.3 is 0 Å². The smallest absolute Gasteiger partial charge is 0.272 e. The Morgan fingerprint density at radius 1 is 1.17 bits per heavy atom. The van der Waals surface area contributed by atoms with Gasteiger partial charge in [0, 0.05) is 24.9 Å². The summed E-state index contributed by atoms with van der Waals surface area (Å²) in [6.45, 7) is 4.05. The van der Waals surface area contributed by atoms with E-state index in [2.05, 4.69) is 20.8 Å². The number of aromatic nitrogens is 4. The van der Waals surface area contributed by atoms with Crippen molar-refractivity contribution in [2.24, 2.45) is 7.05 Å². The Bertz CT molecular complexity index is 1220. The molecule has 0 saturated heterocycles. The van der Waals surface area contributed by atoms with Crippen LogP contribution in [0, 0.1) is 10.1 Å². The summed E-state index contributed by atoms with van der Waals surface area (Å²) in [7, 11) is -2.98. The minimum absolute atomic E-state index is 0.295. The maximum Gasteiger partial charge on any atom is 0.272 e. The number of non-ortho nitro benzene ring substituents is 1. The molecule has 0 fully saturated rings. The zero-order chi connectivity index (χ0) is 22.1. The molecule has 0 spiro atoms. The number of carbonyl (C=O) groups excluding carboxylic acids is 1. The molecule has 1 heterocycles. The lowest BCUT2D eigenvalue weighted by atomic mass is 10.0. The molecule has 0 aliphatic heterocycles. The first-order chi connectivity index (χ1) is 14.1. The zero-order valence-electron chi connectivity index (χ0n) is 16.3. The molecule has 0 bridgehead atoms. The van der Waals surface area contributed by atoms with Gasteiger partial charge in [0.05, 0.1) is 15.4 Å². The number of tetrazole rings is 1. The summed E-state index contributed by atoms with van der Waals surface area (Å²) in [6.07, 6.45) is 0. The third-order valence-electron chi connectivity index (χ3n) is 4.36. The Morgan fingerprint density at radius 3 is 2.37 bits per heavy atom. The standard InChI is InChI=1S/C18H18N6O5S/c1-11(2)12-4-6-13(7-5-12)19-17(25)15-10-14(24(26)27)8-9-16(15)30(28,29)18-20-21-22-23(18)3/h4-11H,1-3H3,(H,19,25). The normalized spacial score (nSPS) is 11.5. The van der Waals surface area contributed by atoms with Crippen LogP contribution in [0.2, 0.25) is 0 Å². The van der Waals surface area contributed by atoms with Crippen LogP contribution in [0.25, 0.3) is 0 Å². The summed E-state index contributed by atoms with van der Waals surface area (Å²) >= 11 is 0. The van der Waals surface area contributed by atoms with E-state index in [1.807, 2.05) is 26.0 Å². The number of rotatable bonds is 6. The lowest BCUT2D eigenvalue weighted by molar-refractivity contribution is -0.384. The number of nitro groups is 1. The van der Waals surface area contributed by atoms with Gasteiger partial charge in [-0.05, 0) is 40.1 Å². The van der Waals surface area contributed by atoms with E-state index in [9.17, 15) is 23.3 Å². The molecule has 0 aliphatic rings. The Balaban J connectivity index is 2.05.